The molecule has 3 heterocycles. The van der Waals surface area contributed by atoms with Crippen molar-refractivity contribution in [3.8, 4) is 0 Å². The highest BCUT2D eigenvalue weighted by Gasteiger charge is 2.39. The molecule has 0 bridgehead atoms. The monoisotopic (exact) mass is 536 g/mol. The van der Waals surface area contributed by atoms with Gasteiger partial charge < -0.3 is 4.90 Å². The Kier molecular flexibility index (Phi) is 6.65. The van der Waals surface area contributed by atoms with E-state index in [4.69, 9.17) is 0 Å². The van der Waals surface area contributed by atoms with Crippen LogP contribution in [0.5, 0.6) is 0 Å². The molecule has 2 aliphatic rings. The van der Waals surface area contributed by atoms with E-state index in [1.807, 2.05) is 11.0 Å². The Morgan fingerprint density at radius 2 is 1.73 bits per heavy atom. The molecule has 0 saturated carbocycles. The highest BCUT2D eigenvalue weighted by molar-refractivity contribution is 7.22. The van der Waals surface area contributed by atoms with Gasteiger partial charge in [0, 0.05) is 25.7 Å². The first-order chi connectivity index (χ1) is 17.5. The molecule has 37 heavy (non-hydrogen) atoms. The molecule has 196 valence electrons. The number of fused-ring (bicyclic) bond motifs is 1. The van der Waals surface area contributed by atoms with E-state index in [0.29, 0.717) is 36.9 Å². The third kappa shape index (κ3) is 5.30. The first-order valence-corrected chi connectivity index (χ1v) is 12.8. The number of nitrogens with zero attached hydrogens (tertiary/aromatic N) is 4. The first-order valence-electron chi connectivity index (χ1n) is 12.0. The van der Waals surface area contributed by atoms with Gasteiger partial charge in [-0.05, 0) is 68.0 Å². The largest absolute Gasteiger partial charge is 0.416 e. The van der Waals surface area contributed by atoms with Crippen molar-refractivity contribution < 1.29 is 22.5 Å². The van der Waals surface area contributed by atoms with Crippen molar-refractivity contribution in [3.05, 3.63) is 73.8 Å². The summed E-state index contributed by atoms with van der Waals surface area (Å²) in [7, 11) is 0. The molecular weight excluding hydrogens is 512 g/mol. The lowest BCUT2D eigenvalue weighted by Crippen LogP contribution is -2.46. The molecule has 5 rings (SSSR count). The third-order valence-corrected chi connectivity index (χ3v) is 8.69. The summed E-state index contributed by atoms with van der Waals surface area (Å²) in [6.45, 7) is 3.70. The van der Waals surface area contributed by atoms with Gasteiger partial charge in [0.05, 0.1) is 15.9 Å². The van der Waals surface area contributed by atoms with Crippen molar-refractivity contribution in [2.24, 2.45) is 5.41 Å². The zero-order valence-electron chi connectivity index (χ0n) is 19.8. The Balaban J connectivity index is 1.30. The molecule has 2 fully saturated rings. The van der Waals surface area contributed by atoms with Crippen molar-refractivity contribution in [2.75, 3.05) is 31.1 Å². The van der Waals surface area contributed by atoms with Gasteiger partial charge in [-0.1, -0.05) is 23.5 Å². The van der Waals surface area contributed by atoms with Gasteiger partial charge in [-0.15, -0.1) is 0 Å². The van der Waals surface area contributed by atoms with Gasteiger partial charge in [0.2, 0.25) is 0 Å². The summed E-state index contributed by atoms with van der Waals surface area (Å²) < 4.78 is 53.0. The summed E-state index contributed by atoms with van der Waals surface area (Å²) in [6, 6.07) is 7.74. The Labute approximate surface area is 213 Å². The van der Waals surface area contributed by atoms with Gasteiger partial charge in [-0.3, -0.25) is 19.8 Å². The molecule has 2 aliphatic heterocycles. The highest BCUT2D eigenvalue weighted by Crippen LogP contribution is 2.44. The van der Waals surface area contributed by atoms with E-state index in [9.17, 15) is 32.5 Å². The minimum absolute atomic E-state index is 0.0982. The number of alkyl halides is 3. The maximum Gasteiger partial charge on any atom is 0.416 e. The van der Waals surface area contributed by atoms with Gasteiger partial charge in [0.15, 0.2) is 5.13 Å². The Morgan fingerprint density at radius 1 is 1.05 bits per heavy atom. The van der Waals surface area contributed by atoms with Crippen LogP contribution in [0, 0.1) is 21.3 Å². The average Bonchev–Trinajstić information content (AvgIpc) is 2.85. The predicted molar refractivity (Wildman–Crippen MR) is 132 cm³/mol. The van der Waals surface area contributed by atoms with E-state index in [-0.39, 0.29) is 15.9 Å². The summed E-state index contributed by atoms with van der Waals surface area (Å²) in [6.07, 6.45) is -1.12. The number of rotatable bonds is 4. The van der Waals surface area contributed by atoms with Gasteiger partial charge >= 0.3 is 6.18 Å². The molecule has 0 amide bonds. The topological polar surface area (TPSA) is 79.6 Å². The number of aromatic nitrogens is 1. The number of piperidine rings is 2. The molecule has 1 spiro atoms. The number of hydrogen-bond acceptors (Lipinski definition) is 7. The van der Waals surface area contributed by atoms with Crippen LogP contribution < -0.4 is 10.5 Å². The summed E-state index contributed by atoms with van der Waals surface area (Å²) in [4.78, 5) is 31.5. The molecule has 3 aromatic rings. The summed E-state index contributed by atoms with van der Waals surface area (Å²) >= 11 is 0.887. The number of nitro benzene ring substituents is 1. The smallest absolute Gasteiger partial charge is 0.348 e. The van der Waals surface area contributed by atoms with Gasteiger partial charge in [-0.25, -0.2) is 4.39 Å². The zero-order valence-corrected chi connectivity index (χ0v) is 20.6. The van der Waals surface area contributed by atoms with Crippen LogP contribution in [0.1, 0.15) is 36.8 Å². The number of anilines is 1. The molecule has 0 unspecified atom stereocenters. The second-order valence-corrected chi connectivity index (χ2v) is 10.8. The lowest BCUT2D eigenvalue weighted by Gasteiger charge is -2.47. The fraction of sp³-hybridized carbons (Fsp3) is 0.440. The summed E-state index contributed by atoms with van der Waals surface area (Å²) in [5.74, 6) is -0.242. The molecule has 7 nitrogen and oxygen atoms in total. The fourth-order valence-electron chi connectivity index (χ4n) is 5.33. The average molecular weight is 537 g/mol. The Morgan fingerprint density at radius 3 is 2.35 bits per heavy atom. The van der Waals surface area contributed by atoms with Crippen LogP contribution in [0.2, 0.25) is 0 Å². The third-order valence-electron chi connectivity index (χ3n) is 7.52. The lowest BCUT2D eigenvalue weighted by molar-refractivity contribution is -0.383. The quantitative estimate of drug-likeness (QED) is 0.245. The van der Waals surface area contributed by atoms with Crippen LogP contribution in [0.4, 0.5) is 28.4 Å². The Hall–Kier alpha value is -3.12. The van der Waals surface area contributed by atoms with Crippen LogP contribution in [-0.4, -0.2) is 41.0 Å². The van der Waals surface area contributed by atoms with Crippen LogP contribution >= 0.6 is 11.3 Å². The highest BCUT2D eigenvalue weighted by atomic mass is 32.1. The molecule has 0 radical (unpaired) electrons. The number of halogens is 4. The van der Waals surface area contributed by atoms with Crippen molar-refractivity contribution in [1.82, 2.24) is 9.88 Å². The van der Waals surface area contributed by atoms with Crippen molar-refractivity contribution in [1.29, 1.82) is 0 Å². The SMILES string of the molecule is O=c1nc(N2CCC3(CCN(Cc4cccc(F)c4)CC3)CC2)sc2c([N+](=O)[O-])cc(C(F)(F)F)cc12. The van der Waals surface area contributed by atoms with E-state index < -0.39 is 33.3 Å². The minimum atomic E-state index is -4.82. The van der Waals surface area contributed by atoms with Crippen LogP contribution in [0.15, 0.2) is 41.2 Å². The van der Waals surface area contributed by atoms with Crippen molar-refractivity contribution in [2.45, 2.75) is 38.4 Å². The standard InChI is InChI=1S/C25H24F4N4O3S/c26-18-3-1-2-16(12-18)15-31-8-4-24(5-9-31)6-10-32(11-7-24)23-30-22(34)19-13-17(25(27,28)29)14-20(33(35)36)21(19)37-23/h1-3,12-14H,4-11,15H2. The van der Waals surface area contributed by atoms with Crippen LogP contribution in [0.25, 0.3) is 10.1 Å². The number of non-ortho nitro benzene ring substituents is 1. The number of nitro groups is 1. The normalized spacial score (nSPS) is 18.4. The lowest BCUT2D eigenvalue weighted by atomic mass is 9.71. The maximum atomic E-state index is 13.5. The summed E-state index contributed by atoms with van der Waals surface area (Å²) in [5, 5.41) is 11.4. The molecular formula is C25H24F4N4O3S. The molecule has 12 heteroatoms. The van der Waals surface area contributed by atoms with Gasteiger partial charge in [-0.2, -0.15) is 18.2 Å². The molecule has 0 aliphatic carbocycles. The summed E-state index contributed by atoms with van der Waals surface area (Å²) in [5.41, 5.74) is -1.79. The molecule has 1 aromatic heterocycles. The number of hydrogen-bond donors (Lipinski definition) is 0. The minimum Gasteiger partial charge on any atom is -0.348 e. The molecule has 2 saturated heterocycles. The second kappa shape index (κ2) is 9.64. The van der Waals surface area contributed by atoms with Crippen LogP contribution in [0.3, 0.4) is 0 Å². The van der Waals surface area contributed by atoms with E-state index in [2.05, 4.69) is 9.88 Å². The number of benzene rings is 2. The van der Waals surface area contributed by atoms with E-state index >= 15 is 0 Å². The van der Waals surface area contributed by atoms with E-state index in [1.165, 1.54) is 6.07 Å². The molecule has 0 N–H and O–H groups in total. The number of likely N-dealkylation sites (tertiary alicyclic amines) is 1. The molecule has 0 atom stereocenters. The maximum absolute atomic E-state index is 13.5. The second-order valence-electron chi connectivity index (χ2n) is 9.82. The van der Waals surface area contributed by atoms with Gasteiger partial charge in [0.25, 0.3) is 11.2 Å². The zero-order chi connectivity index (χ0) is 26.4. The Bertz CT molecular complexity index is 1390. The van der Waals surface area contributed by atoms with E-state index in [1.54, 1.807) is 12.1 Å². The fourth-order valence-corrected chi connectivity index (χ4v) is 6.44. The molecule has 2 aromatic carbocycles. The predicted octanol–water partition coefficient (Wildman–Crippen LogP) is 5.61. The van der Waals surface area contributed by atoms with Gasteiger partial charge in [0.1, 0.15) is 10.5 Å². The van der Waals surface area contributed by atoms with Crippen LogP contribution in [-0.2, 0) is 12.7 Å². The first kappa shape index (κ1) is 25.5. The van der Waals surface area contributed by atoms with Crippen molar-refractivity contribution >= 4 is 32.2 Å². The van der Waals surface area contributed by atoms with E-state index in [0.717, 1.165) is 55.7 Å². The van der Waals surface area contributed by atoms with Crippen molar-refractivity contribution in [3.63, 3.8) is 0 Å².